The molecule has 0 bridgehead atoms. The first-order chi connectivity index (χ1) is 12.6. The summed E-state index contributed by atoms with van der Waals surface area (Å²) < 4.78 is 0. The molecule has 1 aliphatic rings. The molecule has 1 heterocycles. The molecule has 1 amide bonds. The number of carbonyl (C=O) groups excluding carboxylic acids is 1. The number of nitro groups is 1. The van der Waals surface area contributed by atoms with E-state index in [1.807, 2.05) is 40.1 Å². The molecule has 3 rings (SSSR count). The summed E-state index contributed by atoms with van der Waals surface area (Å²) in [5.74, 6) is 0.320. The minimum atomic E-state index is -0.353. The van der Waals surface area contributed by atoms with Crippen LogP contribution in [-0.2, 0) is 4.79 Å². The van der Waals surface area contributed by atoms with E-state index in [-0.39, 0.29) is 22.4 Å². The second-order valence-corrected chi connectivity index (χ2v) is 6.63. The average molecular weight is 353 g/mol. The van der Waals surface area contributed by atoms with Crippen molar-refractivity contribution >= 4 is 17.3 Å². The molecular formula is C20H23N3O3. The minimum absolute atomic E-state index is 0.116. The van der Waals surface area contributed by atoms with Crippen molar-refractivity contribution in [3.63, 3.8) is 0 Å². The van der Waals surface area contributed by atoms with E-state index in [4.69, 9.17) is 0 Å². The van der Waals surface area contributed by atoms with Crippen LogP contribution in [0.3, 0.4) is 0 Å². The highest BCUT2D eigenvalue weighted by Crippen LogP contribution is 2.28. The molecule has 0 N–H and O–H groups in total. The van der Waals surface area contributed by atoms with E-state index in [2.05, 4.69) is 6.92 Å². The SMILES string of the molecule is CC(CC(=O)N1CCN(c2ccccc2[N+](=O)[O-])CC1)c1ccccc1. The van der Waals surface area contributed by atoms with Crippen LogP contribution in [0.4, 0.5) is 11.4 Å². The quantitative estimate of drug-likeness (QED) is 0.610. The monoisotopic (exact) mass is 353 g/mol. The van der Waals surface area contributed by atoms with Gasteiger partial charge in [0.2, 0.25) is 5.91 Å². The number of para-hydroxylation sites is 2. The lowest BCUT2D eigenvalue weighted by Gasteiger charge is -2.36. The van der Waals surface area contributed by atoms with E-state index in [9.17, 15) is 14.9 Å². The summed E-state index contributed by atoms with van der Waals surface area (Å²) >= 11 is 0. The highest BCUT2D eigenvalue weighted by atomic mass is 16.6. The first-order valence-electron chi connectivity index (χ1n) is 8.87. The number of nitro benzene ring substituents is 1. The molecule has 2 aromatic carbocycles. The van der Waals surface area contributed by atoms with Gasteiger partial charge in [0.1, 0.15) is 5.69 Å². The van der Waals surface area contributed by atoms with E-state index in [1.54, 1.807) is 18.2 Å². The molecule has 136 valence electrons. The van der Waals surface area contributed by atoms with Crippen molar-refractivity contribution in [1.82, 2.24) is 4.90 Å². The molecule has 1 aliphatic heterocycles. The fourth-order valence-corrected chi connectivity index (χ4v) is 3.37. The van der Waals surface area contributed by atoms with Crippen LogP contribution in [0.1, 0.15) is 24.8 Å². The zero-order valence-corrected chi connectivity index (χ0v) is 14.9. The molecule has 1 unspecified atom stereocenters. The van der Waals surface area contributed by atoms with E-state index < -0.39 is 0 Å². The van der Waals surface area contributed by atoms with Gasteiger partial charge in [0.15, 0.2) is 0 Å². The predicted octanol–water partition coefficient (Wildman–Crippen LogP) is 3.44. The van der Waals surface area contributed by atoms with Crippen molar-refractivity contribution in [3.8, 4) is 0 Å². The second kappa shape index (κ2) is 7.99. The molecule has 0 aliphatic carbocycles. The largest absolute Gasteiger partial charge is 0.362 e. The van der Waals surface area contributed by atoms with Gasteiger partial charge in [-0.2, -0.15) is 0 Å². The van der Waals surface area contributed by atoms with Gasteiger partial charge >= 0.3 is 0 Å². The molecule has 26 heavy (non-hydrogen) atoms. The Morgan fingerprint density at radius 1 is 1.04 bits per heavy atom. The van der Waals surface area contributed by atoms with Crippen molar-refractivity contribution in [2.24, 2.45) is 0 Å². The van der Waals surface area contributed by atoms with Gasteiger partial charge in [0.05, 0.1) is 4.92 Å². The number of anilines is 1. The number of nitrogens with zero attached hydrogens (tertiary/aromatic N) is 3. The number of carbonyl (C=O) groups is 1. The second-order valence-electron chi connectivity index (χ2n) is 6.63. The number of hydrogen-bond donors (Lipinski definition) is 0. The third-order valence-electron chi connectivity index (χ3n) is 4.90. The maximum Gasteiger partial charge on any atom is 0.292 e. The maximum atomic E-state index is 12.6. The van der Waals surface area contributed by atoms with Gasteiger partial charge in [0, 0.05) is 38.7 Å². The highest BCUT2D eigenvalue weighted by Gasteiger charge is 2.26. The normalized spacial score (nSPS) is 15.6. The lowest BCUT2D eigenvalue weighted by Crippen LogP contribution is -2.49. The van der Waals surface area contributed by atoms with Crippen molar-refractivity contribution < 1.29 is 9.72 Å². The van der Waals surface area contributed by atoms with Crippen molar-refractivity contribution in [1.29, 1.82) is 0 Å². The summed E-state index contributed by atoms with van der Waals surface area (Å²) in [5, 5.41) is 11.2. The fourth-order valence-electron chi connectivity index (χ4n) is 3.37. The molecule has 1 fully saturated rings. The van der Waals surface area contributed by atoms with Gasteiger partial charge < -0.3 is 9.80 Å². The molecular weight excluding hydrogens is 330 g/mol. The Hall–Kier alpha value is -2.89. The average Bonchev–Trinajstić information content (AvgIpc) is 2.68. The summed E-state index contributed by atoms with van der Waals surface area (Å²) in [6, 6.07) is 16.8. The Labute approximate surface area is 153 Å². The summed E-state index contributed by atoms with van der Waals surface area (Å²) in [6.07, 6.45) is 0.482. The molecule has 6 nitrogen and oxygen atoms in total. The molecule has 6 heteroatoms. The van der Waals surface area contributed by atoms with Gasteiger partial charge in [-0.1, -0.05) is 49.4 Å². The molecule has 1 atom stereocenters. The van der Waals surface area contributed by atoms with Crippen LogP contribution < -0.4 is 4.90 Å². The number of amides is 1. The summed E-state index contributed by atoms with van der Waals surface area (Å²) in [5.41, 5.74) is 1.91. The Morgan fingerprint density at radius 3 is 2.31 bits per heavy atom. The van der Waals surface area contributed by atoms with E-state index in [0.717, 1.165) is 0 Å². The maximum absolute atomic E-state index is 12.6. The van der Waals surface area contributed by atoms with Gasteiger partial charge in [-0.05, 0) is 17.5 Å². The molecule has 2 aromatic rings. The molecule has 0 aromatic heterocycles. The Morgan fingerprint density at radius 2 is 1.65 bits per heavy atom. The Kier molecular flexibility index (Phi) is 5.51. The number of piperazine rings is 1. The lowest BCUT2D eigenvalue weighted by atomic mass is 9.97. The molecule has 0 saturated carbocycles. The highest BCUT2D eigenvalue weighted by molar-refractivity contribution is 5.77. The summed E-state index contributed by atoms with van der Waals surface area (Å²) in [7, 11) is 0. The van der Waals surface area contributed by atoms with Crippen LogP contribution in [0.25, 0.3) is 0 Å². The van der Waals surface area contributed by atoms with E-state index >= 15 is 0 Å². The lowest BCUT2D eigenvalue weighted by molar-refractivity contribution is -0.384. The number of benzene rings is 2. The van der Waals surface area contributed by atoms with E-state index in [1.165, 1.54) is 11.6 Å². The minimum Gasteiger partial charge on any atom is -0.362 e. The van der Waals surface area contributed by atoms with Gasteiger partial charge in [-0.3, -0.25) is 14.9 Å². The van der Waals surface area contributed by atoms with E-state index in [0.29, 0.717) is 38.3 Å². The van der Waals surface area contributed by atoms with Crippen LogP contribution in [0.5, 0.6) is 0 Å². The summed E-state index contributed by atoms with van der Waals surface area (Å²) in [4.78, 5) is 27.3. The zero-order valence-electron chi connectivity index (χ0n) is 14.9. The van der Waals surface area contributed by atoms with Crippen LogP contribution in [0.2, 0.25) is 0 Å². The van der Waals surface area contributed by atoms with Crippen molar-refractivity contribution in [2.45, 2.75) is 19.3 Å². The van der Waals surface area contributed by atoms with Crippen LogP contribution >= 0.6 is 0 Å². The predicted molar refractivity (Wildman–Crippen MR) is 101 cm³/mol. The first kappa shape index (κ1) is 17.9. The molecule has 0 spiro atoms. The van der Waals surface area contributed by atoms with Gasteiger partial charge in [-0.25, -0.2) is 0 Å². The first-order valence-corrected chi connectivity index (χ1v) is 8.87. The standard InChI is InChI=1S/C20H23N3O3/c1-16(17-7-3-2-4-8-17)15-20(24)22-13-11-21(12-14-22)18-9-5-6-10-19(18)23(25)26/h2-10,16H,11-15H2,1H3. The third-order valence-corrected chi connectivity index (χ3v) is 4.90. The van der Waals surface area contributed by atoms with Crippen molar-refractivity contribution in [2.75, 3.05) is 31.1 Å². The Balaban J connectivity index is 1.58. The number of rotatable bonds is 5. The topological polar surface area (TPSA) is 66.7 Å². The fraction of sp³-hybridized carbons (Fsp3) is 0.350. The van der Waals surface area contributed by atoms with Crippen LogP contribution in [-0.4, -0.2) is 41.9 Å². The zero-order chi connectivity index (χ0) is 18.5. The molecule has 1 saturated heterocycles. The number of hydrogen-bond acceptors (Lipinski definition) is 4. The summed E-state index contributed by atoms with van der Waals surface area (Å²) in [6.45, 7) is 4.46. The smallest absolute Gasteiger partial charge is 0.292 e. The van der Waals surface area contributed by atoms with Crippen LogP contribution in [0, 0.1) is 10.1 Å². The molecule has 0 radical (unpaired) electrons. The van der Waals surface area contributed by atoms with Crippen LogP contribution in [0.15, 0.2) is 54.6 Å². The van der Waals surface area contributed by atoms with Crippen molar-refractivity contribution in [3.05, 3.63) is 70.3 Å². The Bertz CT molecular complexity index is 771. The van der Waals surface area contributed by atoms with Gasteiger partial charge in [0.25, 0.3) is 5.69 Å². The van der Waals surface area contributed by atoms with Gasteiger partial charge in [-0.15, -0.1) is 0 Å². The third kappa shape index (κ3) is 4.02.